The van der Waals surface area contributed by atoms with Crippen molar-refractivity contribution >= 4 is 39.0 Å². The van der Waals surface area contributed by atoms with Crippen LogP contribution in [0.1, 0.15) is 29.3 Å². The molecule has 1 aromatic carbocycles. The van der Waals surface area contributed by atoms with Gasteiger partial charge in [-0.15, -0.1) is 11.3 Å². The van der Waals surface area contributed by atoms with E-state index in [1.807, 2.05) is 12.3 Å². The number of thioether (sulfide) groups is 1. The topological polar surface area (TPSA) is 68.9 Å². The van der Waals surface area contributed by atoms with Gasteiger partial charge >= 0.3 is 0 Å². The zero-order valence-corrected chi connectivity index (χ0v) is 13.8. The fraction of sp³-hybridized carbons (Fsp3) is 0.250. The minimum atomic E-state index is -0.382. The molecule has 1 aliphatic rings. The lowest BCUT2D eigenvalue weighted by atomic mass is 9.96. The Morgan fingerprint density at radius 1 is 1.35 bits per heavy atom. The summed E-state index contributed by atoms with van der Waals surface area (Å²) in [6, 6.07) is 9.00. The van der Waals surface area contributed by atoms with Gasteiger partial charge in [0.05, 0.1) is 26.1 Å². The van der Waals surface area contributed by atoms with Crippen LogP contribution in [0.3, 0.4) is 0 Å². The van der Waals surface area contributed by atoms with Gasteiger partial charge in [0.2, 0.25) is 0 Å². The van der Waals surface area contributed by atoms with Gasteiger partial charge in [-0.05, 0) is 37.0 Å². The highest BCUT2D eigenvalue weighted by molar-refractivity contribution is 8.01. The minimum Gasteiger partial charge on any atom is -0.260 e. The molecule has 0 bridgehead atoms. The summed E-state index contributed by atoms with van der Waals surface area (Å²) in [7, 11) is 0. The van der Waals surface area contributed by atoms with Gasteiger partial charge in [-0.25, -0.2) is 4.98 Å². The quantitative estimate of drug-likeness (QED) is 0.506. The van der Waals surface area contributed by atoms with Gasteiger partial charge in [-0.2, -0.15) is 0 Å². The highest BCUT2D eigenvalue weighted by Crippen LogP contribution is 2.44. The fourth-order valence-corrected chi connectivity index (χ4v) is 5.35. The molecule has 4 rings (SSSR count). The summed E-state index contributed by atoms with van der Waals surface area (Å²) in [5.74, 6) is 0. The number of hydrogen-bond donors (Lipinski definition) is 0. The first-order valence-electron chi connectivity index (χ1n) is 7.36. The van der Waals surface area contributed by atoms with E-state index in [2.05, 4.69) is 16.0 Å². The number of thiazole rings is 1. The normalized spacial score (nSPS) is 17.1. The maximum atomic E-state index is 10.9. The number of nitrogens with zero attached hydrogens (tertiary/aromatic N) is 3. The molecule has 0 spiro atoms. The third-order valence-electron chi connectivity index (χ3n) is 3.95. The van der Waals surface area contributed by atoms with Gasteiger partial charge in [0, 0.05) is 18.3 Å². The van der Waals surface area contributed by atoms with Crippen LogP contribution in [0.15, 0.2) is 40.9 Å². The lowest BCUT2D eigenvalue weighted by molar-refractivity contribution is -0.384. The Bertz CT molecular complexity index is 894. The molecule has 5 nitrogen and oxygen atoms in total. The van der Waals surface area contributed by atoms with E-state index in [1.165, 1.54) is 11.6 Å². The van der Waals surface area contributed by atoms with Crippen molar-refractivity contribution in [1.82, 2.24) is 9.97 Å². The maximum absolute atomic E-state index is 10.9. The van der Waals surface area contributed by atoms with Gasteiger partial charge in [0.25, 0.3) is 5.69 Å². The standard InChI is InChI=1S/C16H13N3O2S2/c20-19(21)11-6-7-13-12(9-11)18-16(22-13)23-14-5-1-3-10-4-2-8-17-15(10)14/h2,4,6-9,14H,1,3,5H2. The first-order chi connectivity index (χ1) is 11.2. The molecule has 1 unspecified atom stereocenters. The average molecular weight is 343 g/mol. The molecule has 0 saturated heterocycles. The van der Waals surface area contributed by atoms with Crippen molar-refractivity contribution < 1.29 is 4.92 Å². The first-order valence-corrected chi connectivity index (χ1v) is 9.06. The SMILES string of the molecule is O=[N+]([O-])c1ccc2sc(SC3CCCc4cccnc43)nc2c1. The molecule has 2 heterocycles. The van der Waals surface area contributed by atoms with E-state index < -0.39 is 0 Å². The lowest BCUT2D eigenvalue weighted by Gasteiger charge is -2.22. The highest BCUT2D eigenvalue weighted by Gasteiger charge is 2.23. The molecule has 2 aromatic heterocycles. The van der Waals surface area contributed by atoms with Gasteiger partial charge in [-0.1, -0.05) is 17.8 Å². The predicted octanol–water partition coefficient (Wildman–Crippen LogP) is 4.77. The maximum Gasteiger partial charge on any atom is 0.271 e. The number of fused-ring (bicyclic) bond motifs is 2. The Morgan fingerprint density at radius 3 is 3.13 bits per heavy atom. The molecule has 3 aromatic rings. The molecule has 7 heteroatoms. The largest absolute Gasteiger partial charge is 0.271 e. The van der Waals surface area contributed by atoms with E-state index in [0.717, 1.165) is 34.0 Å². The van der Waals surface area contributed by atoms with Crippen LogP contribution in [0.4, 0.5) is 5.69 Å². The second kappa shape index (κ2) is 5.90. The van der Waals surface area contributed by atoms with Gasteiger partial charge in [-0.3, -0.25) is 15.1 Å². The summed E-state index contributed by atoms with van der Waals surface area (Å²) in [6.45, 7) is 0. The number of pyridine rings is 1. The van der Waals surface area contributed by atoms with Crippen LogP contribution in [-0.2, 0) is 6.42 Å². The van der Waals surface area contributed by atoms with Crippen LogP contribution < -0.4 is 0 Å². The minimum absolute atomic E-state index is 0.0871. The second-order valence-electron chi connectivity index (χ2n) is 5.44. The third kappa shape index (κ3) is 2.82. The molecule has 0 aliphatic heterocycles. The molecule has 1 atom stereocenters. The number of hydrogen-bond acceptors (Lipinski definition) is 6. The third-order valence-corrected chi connectivity index (χ3v) is 6.36. The summed E-state index contributed by atoms with van der Waals surface area (Å²) < 4.78 is 1.93. The van der Waals surface area contributed by atoms with Gasteiger partial charge in [0.15, 0.2) is 4.34 Å². The average Bonchev–Trinajstić information content (AvgIpc) is 2.96. The molecule has 0 saturated carbocycles. The summed E-state index contributed by atoms with van der Waals surface area (Å²) in [5.41, 5.74) is 3.27. The van der Waals surface area contributed by atoms with Crippen molar-refractivity contribution in [2.24, 2.45) is 0 Å². The van der Waals surface area contributed by atoms with Crippen LogP contribution in [0, 0.1) is 10.1 Å². The summed E-state index contributed by atoms with van der Waals surface area (Å²) in [6.07, 6.45) is 5.18. The smallest absolute Gasteiger partial charge is 0.260 e. The molecule has 116 valence electrons. The lowest BCUT2D eigenvalue weighted by Crippen LogP contribution is -2.08. The summed E-state index contributed by atoms with van der Waals surface area (Å²) in [5, 5.41) is 11.2. The van der Waals surface area contributed by atoms with E-state index in [-0.39, 0.29) is 10.6 Å². The summed E-state index contributed by atoms with van der Waals surface area (Å²) >= 11 is 3.31. The van der Waals surface area contributed by atoms with Crippen molar-refractivity contribution in [1.29, 1.82) is 0 Å². The van der Waals surface area contributed by atoms with E-state index in [1.54, 1.807) is 35.2 Å². The molecular formula is C16H13N3O2S2. The van der Waals surface area contributed by atoms with Crippen LogP contribution >= 0.6 is 23.1 Å². The fourth-order valence-electron chi connectivity index (χ4n) is 2.86. The van der Waals surface area contributed by atoms with Crippen molar-refractivity contribution in [3.63, 3.8) is 0 Å². The van der Waals surface area contributed by atoms with E-state index in [4.69, 9.17) is 0 Å². The van der Waals surface area contributed by atoms with E-state index in [0.29, 0.717) is 10.8 Å². The second-order valence-corrected chi connectivity index (χ2v) is 7.92. The van der Waals surface area contributed by atoms with Gasteiger partial charge < -0.3 is 0 Å². The van der Waals surface area contributed by atoms with Crippen molar-refractivity contribution in [3.05, 3.63) is 57.9 Å². The molecule has 0 radical (unpaired) electrons. The van der Waals surface area contributed by atoms with Crippen molar-refractivity contribution in [2.45, 2.75) is 28.9 Å². The Hall–Kier alpha value is -1.99. The van der Waals surface area contributed by atoms with Crippen LogP contribution in [0.2, 0.25) is 0 Å². The Kier molecular flexibility index (Phi) is 3.74. The molecule has 0 fully saturated rings. The number of aryl methyl sites for hydroxylation is 1. The van der Waals surface area contributed by atoms with E-state index >= 15 is 0 Å². The van der Waals surface area contributed by atoms with Crippen molar-refractivity contribution in [2.75, 3.05) is 0 Å². The van der Waals surface area contributed by atoms with Crippen molar-refractivity contribution in [3.8, 4) is 0 Å². The first kappa shape index (κ1) is 14.6. The number of nitro benzene ring substituents is 1. The Labute approximate surface area is 140 Å². The zero-order chi connectivity index (χ0) is 15.8. The monoisotopic (exact) mass is 343 g/mol. The molecule has 0 N–H and O–H groups in total. The Balaban J connectivity index is 1.65. The molecular weight excluding hydrogens is 330 g/mol. The van der Waals surface area contributed by atoms with Crippen LogP contribution in [0.5, 0.6) is 0 Å². The predicted molar refractivity (Wildman–Crippen MR) is 92.0 cm³/mol. The highest BCUT2D eigenvalue weighted by atomic mass is 32.2. The molecule has 0 amide bonds. The van der Waals surface area contributed by atoms with Gasteiger partial charge in [0.1, 0.15) is 0 Å². The van der Waals surface area contributed by atoms with Crippen LogP contribution in [-0.4, -0.2) is 14.9 Å². The number of nitro groups is 1. The van der Waals surface area contributed by atoms with Crippen LogP contribution in [0.25, 0.3) is 10.2 Å². The molecule has 1 aliphatic carbocycles. The summed E-state index contributed by atoms with van der Waals surface area (Å²) in [4.78, 5) is 19.6. The number of non-ortho nitro benzene ring substituents is 1. The molecule has 23 heavy (non-hydrogen) atoms. The number of rotatable bonds is 3. The zero-order valence-electron chi connectivity index (χ0n) is 12.1. The number of benzene rings is 1. The van der Waals surface area contributed by atoms with E-state index in [9.17, 15) is 10.1 Å². The Morgan fingerprint density at radius 2 is 2.26 bits per heavy atom. The number of aromatic nitrogens is 2.